The maximum Gasteiger partial charge on any atom is 0.179 e. The molecule has 0 aliphatic heterocycles. The summed E-state index contributed by atoms with van der Waals surface area (Å²) in [7, 11) is 0. The first-order chi connectivity index (χ1) is 9.97. The molecule has 1 atom stereocenters. The Balaban J connectivity index is 2.17. The van der Waals surface area contributed by atoms with Crippen molar-refractivity contribution in [1.29, 1.82) is 0 Å². The lowest BCUT2D eigenvalue weighted by Crippen LogP contribution is -2.10. The summed E-state index contributed by atoms with van der Waals surface area (Å²) in [5.41, 5.74) is 3.08. The molecule has 0 N–H and O–H groups in total. The monoisotopic (exact) mass is 340 g/mol. The van der Waals surface area contributed by atoms with Crippen molar-refractivity contribution in [2.24, 2.45) is 0 Å². The molecule has 0 saturated heterocycles. The summed E-state index contributed by atoms with van der Waals surface area (Å²) < 4.78 is 1.78. The van der Waals surface area contributed by atoms with Crippen molar-refractivity contribution < 1.29 is 0 Å². The molecular weight excluding hydrogens is 331 g/mol. The van der Waals surface area contributed by atoms with Crippen LogP contribution in [0.15, 0.2) is 24.4 Å². The predicted molar refractivity (Wildman–Crippen MR) is 85.3 cm³/mol. The molecule has 0 fully saturated rings. The fourth-order valence-corrected chi connectivity index (χ4v) is 2.97. The molecule has 108 valence electrons. The van der Waals surface area contributed by atoms with Gasteiger partial charge in [-0.3, -0.25) is 0 Å². The van der Waals surface area contributed by atoms with Crippen molar-refractivity contribution in [1.82, 2.24) is 19.7 Å². The first-order valence-corrected chi connectivity index (χ1v) is 7.43. The Hall–Kier alpha value is -1.36. The van der Waals surface area contributed by atoms with Gasteiger partial charge in [0.25, 0.3) is 0 Å². The average Bonchev–Trinajstić information content (AvgIpc) is 2.75. The van der Waals surface area contributed by atoms with E-state index in [0.717, 1.165) is 16.8 Å². The van der Waals surface area contributed by atoms with E-state index in [9.17, 15) is 0 Å². The minimum absolute atomic E-state index is 0.112. The second kappa shape index (κ2) is 5.44. The van der Waals surface area contributed by atoms with Gasteiger partial charge in [0, 0.05) is 10.0 Å². The van der Waals surface area contributed by atoms with Gasteiger partial charge in [0.2, 0.25) is 0 Å². The van der Waals surface area contributed by atoms with E-state index in [1.54, 1.807) is 16.8 Å². The molecule has 2 heterocycles. The van der Waals surface area contributed by atoms with Gasteiger partial charge >= 0.3 is 0 Å². The van der Waals surface area contributed by atoms with Crippen molar-refractivity contribution in [3.8, 4) is 0 Å². The van der Waals surface area contributed by atoms with Gasteiger partial charge in [-0.2, -0.15) is 5.10 Å². The van der Waals surface area contributed by atoms with Gasteiger partial charge in [-0.25, -0.2) is 14.6 Å². The van der Waals surface area contributed by atoms with Crippen LogP contribution in [0, 0.1) is 6.92 Å². The minimum Gasteiger partial charge on any atom is -0.248 e. The maximum absolute atomic E-state index is 6.28. The number of fused-ring (bicyclic) bond motifs is 1. The van der Waals surface area contributed by atoms with Crippen molar-refractivity contribution in [3.05, 3.63) is 50.9 Å². The summed E-state index contributed by atoms with van der Waals surface area (Å²) in [6.45, 7) is 3.88. The molecule has 0 amide bonds. The zero-order valence-electron chi connectivity index (χ0n) is 11.3. The van der Waals surface area contributed by atoms with Gasteiger partial charge in [-0.1, -0.05) is 40.9 Å². The fraction of sp³-hybridized carbons (Fsp3) is 0.214. The second-order valence-electron chi connectivity index (χ2n) is 4.74. The van der Waals surface area contributed by atoms with Gasteiger partial charge in [0.15, 0.2) is 5.65 Å². The number of aromatic nitrogens is 4. The Kier molecular flexibility index (Phi) is 3.78. The molecule has 0 spiro atoms. The molecule has 4 nitrogen and oxygen atoms in total. The number of benzene rings is 1. The van der Waals surface area contributed by atoms with E-state index in [-0.39, 0.29) is 6.04 Å². The molecule has 0 unspecified atom stereocenters. The van der Waals surface area contributed by atoms with Crippen molar-refractivity contribution in [2.75, 3.05) is 0 Å². The first kappa shape index (κ1) is 14.6. The molecular formula is C14H11Cl3N4. The molecule has 21 heavy (non-hydrogen) atoms. The Morgan fingerprint density at radius 3 is 2.67 bits per heavy atom. The third-order valence-electron chi connectivity index (χ3n) is 3.32. The molecule has 3 aromatic rings. The topological polar surface area (TPSA) is 43.6 Å². The van der Waals surface area contributed by atoms with Crippen LogP contribution in [-0.2, 0) is 0 Å². The molecule has 0 saturated carbocycles. The summed E-state index contributed by atoms with van der Waals surface area (Å²) >= 11 is 18.2. The predicted octanol–water partition coefficient (Wildman–Crippen LogP) is 4.70. The largest absolute Gasteiger partial charge is 0.248 e. The maximum atomic E-state index is 6.28. The molecule has 1 aromatic carbocycles. The number of nitrogens with zero attached hydrogens (tertiary/aromatic N) is 4. The zero-order chi connectivity index (χ0) is 15.1. The lowest BCUT2D eigenvalue weighted by Gasteiger charge is -2.15. The lowest BCUT2D eigenvalue weighted by molar-refractivity contribution is 0.575. The van der Waals surface area contributed by atoms with E-state index in [1.807, 2.05) is 19.9 Å². The number of halogens is 3. The lowest BCUT2D eigenvalue weighted by atomic mass is 10.1. The Labute approximate surface area is 136 Å². The number of hydrogen-bond acceptors (Lipinski definition) is 3. The molecule has 7 heteroatoms. The van der Waals surface area contributed by atoms with Crippen LogP contribution in [0.4, 0.5) is 0 Å². The van der Waals surface area contributed by atoms with Gasteiger partial charge in [-0.05, 0) is 31.5 Å². The van der Waals surface area contributed by atoms with Crippen LogP contribution in [0.5, 0.6) is 0 Å². The Morgan fingerprint density at radius 2 is 1.95 bits per heavy atom. The van der Waals surface area contributed by atoms with Crippen LogP contribution in [-0.4, -0.2) is 19.7 Å². The van der Waals surface area contributed by atoms with E-state index in [2.05, 4.69) is 15.1 Å². The van der Waals surface area contributed by atoms with Gasteiger partial charge < -0.3 is 0 Å². The van der Waals surface area contributed by atoms with Gasteiger partial charge in [0.1, 0.15) is 10.7 Å². The molecule has 0 aliphatic carbocycles. The van der Waals surface area contributed by atoms with Gasteiger partial charge in [0.05, 0.1) is 17.9 Å². The highest BCUT2D eigenvalue weighted by molar-refractivity contribution is 6.35. The quantitative estimate of drug-likeness (QED) is 0.678. The standard InChI is InChI=1S/C14H11Cl3N4/c1-7-13-14(19-12(17)6-18-13)21(20-7)8(2)10-4-3-9(15)5-11(10)16/h3-6,8H,1-2H3/t8-/m1/s1. The van der Waals surface area contributed by atoms with E-state index in [1.165, 1.54) is 6.20 Å². The number of rotatable bonds is 2. The third-order valence-corrected chi connectivity index (χ3v) is 4.07. The van der Waals surface area contributed by atoms with Gasteiger partial charge in [-0.15, -0.1) is 0 Å². The normalized spacial score (nSPS) is 12.8. The number of aryl methyl sites for hydroxylation is 1. The Bertz CT molecular complexity index is 828. The molecule has 3 rings (SSSR count). The van der Waals surface area contributed by atoms with Crippen LogP contribution in [0.2, 0.25) is 15.2 Å². The van der Waals surface area contributed by atoms with Crippen LogP contribution in [0.3, 0.4) is 0 Å². The zero-order valence-corrected chi connectivity index (χ0v) is 13.6. The molecule has 0 radical (unpaired) electrons. The summed E-state index contributed by atoms with van der Waals surface area (Å²) in [6.07, 6.45) is 1.52. The molecule has 2 aromatic heterocycles. The van der Waals surface area contributed by atoms with Crippen LogP contribution < -0.4 is 0 Å². The summed E-state index contributed by atoms with van der Waals surface area (Å²) in [5, 5.41) is 6.03. The highest BCUT2D eigenvalue weighted by Crippen LogP contribution is 2.30. The summed E-state index contributed by atoms with van der Waals surface area (Å²) in [4.78, 5) is 8.61. The van der Waals surface area contributed by atoms with Crippen molar-refractivity contribution in [3.63, 3.8) is 0 Å². The molecule has 0 aliphatic rings. The molecule has 0 bridgehead atoms. The Morgan fingerprint density at radius 1 is 1.19 bits per heavy atom. The second-order valence-corrected chi connectivity index (χ2v) is 5.97. The summed E-state index contributed by atoms with van der Waals surface area (Å²) in [5.74, 6) is 0. The van der Waals surface area contributed by atoms with Crippen LogP contribution in [0.25, 0.3) is 11.2 Å². The van der Waals surface area contributed by atoms with Crippen LogP contribution >= 0.6 is 34.8 Å². The average molecular weight is 342 g/mol. The highest BCUT2D eigenvalue weighted by atomic mass is 35.5. The minimum atomic E-state index is -0.112. The van der Waals surface area contributed by atoms with E-state index in [4.69, 9.17) is 34.8 Å². The smallest absolute Gasteiger partial charge is 0.179 e. The highest BCUT2D eigenvalue weighted by Gasteiger charge is 2.19. The van der Waals surface area contributed by atoms with Crippen LogP contribution in [0.1, 0.15) is 24.2 Å². The van der Waals surface area contributed by atoms with Crippen molar-refractivity contribution >= 4 is 46.0 Å². The SMILES string of the molecule is Cc1nn([C@H](C)c2ccc(Cl)cc2Cl)c2nc(Cl)cnc12. The van der Waals surface area contributed by atoms with E-state index in [0.29, 0.717) is 20.8 Å². The third kappa shape index (κ3) is 2.59. The summed E-state index contributed by atoms with van der Waals surface area (Å²) in [6, 6.07) is 5.29. The van der Waals surface area contributed by atoms with Crippen molar-refractivity contribution in [2.45, 2.75) is 19.9 Å². The van der Waals surface area contributed by atoms with E-state index >= 15 is 0 Å². The number of hydrogen-bond donors (Lipinski definition) is 0. The first-order valence-electron chi connectivity index (χ1n) is 6.29. The van der Waals surface area contributed by atoms with E-state index < -0.39 is 0 Å². The fourth-order valence-electron chi connectivity index (χ4n) is 2.27.